The van der Waals surface area contributed by atoms with Crippen LogP contribution in [-0.2, 0) is 7.05 Å². The van der Waals surface area contributed by atoms with Crippen LogP contribution in [0.2, 0.25) is 0 Å². The van der Waals surface area contributed by atoms with Crippen molar-refractivity contribution in [3.63, 3.8) is 0 Å². The molecule has 0 fully saturated rings. The minimum Gasteiger partial charge on any atom is -0.382 e. The first-order chi connectivity index (χ1) is 13.1. The Morgan fingerprint density at radius 2 is 1.56 bits per heavy atom. The third-order valence-corrected chi connectivity index (χ3v) is 4.55. The SMILES string of the molecule is Cn1nc(-c2ccc(F)cc2)c(-c2ccncc2)c1C(O)c1ccccc1. The van der Waals surface area contributed by atoms with E-state index in [0.29, 0.717) is 11.4 Å². The van der Waals surface area contributed by atoms with E-state index >= 15 is 0 Å². The molecule has 0 aliphatic rings. The van der Waals surface area contributed by atoms with E-state index in [0.717, 1.165) is 22.3 Å². The molecule has 4 nitrogen and oxygen atoms in total. The number of halogens is 1. The van der Waals surface area contributed by atoms with Gasteiger partial charge in [-0.25, -0.2) is 4.39 Å². The maximum atomic E-state index is 13.4. The second kappa shape index (κ2) is 7.13. The van der Waals surface area contributed by atoms with Gasteiger partial charge in [-0.3, -0.25) is 9.67 Å². The number of aryl methyl sites for hydroxylation is 1. The van der Waals surface area contributed by atoms with Crippen LogP contribution in [-0.4, -0.2) is 19.9 Å². The highest BCUT2D eigenvalue weighted by Crippen LogP contribution is 2.38. The van der Waals surface area contributed by atoms with Gasteiger partial charge in [0.15, 0.2) is 0 Å². The van der Waals surface area contributed by atoms with Crippen molar-refractivity contribution >= 4 is 0 Å². The molecular weight excluding hydrogens is 341 g/mol. The number of hydrogen-bond donors (Lipinski definition) is 1. The maximum Gasteiger partial charge on any atom is 0.123 e. The maximum absolute atomic E-state index is 13.4. The number of aliphatic hydroxyl groups is 1. The molecule has 4 aromatic rings. The van der Waals surface area contributed by atoms with Crippen LogP contribution in [0.15, 0.2) is 79.1 Å². The Kier molecular flexibility index (Phi) is 4.52. The molecule has 2 aromatic carbocycles. The number of benzene rings is 2. The average Bonchev–Trinajstić information content (AvgIpc) is 3.06. The highest BCUT2D eigenvalue weighted by atomic mass is 19.1. The standard InChI is InChI=1S/C22H18FN3O/c1-26-21(22(27)17-5-3-2-4-6-17)19(15-11-13-24-14-12-15)20(25-26)16-7-9-18(23)10-8-16/h2-14,22,27H,1H3. The number of rotatable bonds is 4. The van der Waals surface area contributed by atoms with Crippen molar-refractivity contribution in [2.75, 3.05) is 0 Å². The van der Waals surface area contributed by atoms with Crippen LogP contribution in [0, 0.1) is 5.82 Å². The van der Waals surface area contributed by atoms with E-state index in [4.69, 9.17) is 0 Å². The molecule has 0 amide bonds. The van der Waals surface area contributed by atoms with Gasteiger partial charge in [0.25, 0.3) is 0 Å². The molecule has 1 atom stereocenters. The smallest absolute Gasteiger partial charge is 0.123 e. The second-order valence-electron chi connectivity index (χ2n) is 6.29. The molecule has 2 heterocycles. The summed E-state index contributed by atoms with van der Waals surface area (Å²) in [5.41, 5.74) is 4.62. The van der Waals surface area contributed by atoms with Gasteiger partial charge >= 0.3 is 0 Å². The Morgan fingerprint density at radius 1 is 0.889 bits per heavy atom. The van der Waals surface area contributed by atoms with Crippen molar-refractivity contribution in [1.82, 2.24) is 14.8 Å². The molecule has 0 aliphatic heterocycles. The summed E-state index contributed by atoms with van der Waals surface area (Å²) in [5.74, 6) is -0.301. The number of aromatic nitrogens is 3. The molecule has 0 saturated heterocycles. The highest BCUT2D eigenvalue weighted by Gasteiger charge is 2.25. The van der Waals surface area contributed by atoms with Crippen molar-refractivity contribution in [1.29, 1.82) is 0 Å². The summed E-state index contributed by atoms with van der Waals surface area (Å²) in [7, 11) is 1.80. The Labute approximate surface area is 156 Å². The first kappa shape index (κ1) is 17.1. The summed E-state index contributed by atoms with van der Waals surface area (Å²) in [6, 6.07) is 19.4. The summed E-state index contributed by atoms with van der Waals surface area (Å²) in [6.07, 6.45) is 2.56. The monoisotopic (exact) mass is 359 g/mol. The fraction of sp³-hybridized carbons (Fsp3) is 0.0909. The molecule has 134 valence electrons. The molecule has 5 heteroatoms. The second-order valence-corrected chi connectivity index (χ2v) is 6.29. The molecule has 0 spiro atoms. The number of pyridine rings is 1. The van der Waals surface area contributed by atoms with Gasteiger partial charge in [-0.15, -0.1) is 0 Å². The van der Waals surface area contributed by atoms with E-state index in [1.807, 2.05) is 42.5 Å². The van der Waals surface area contributed by atoms with E-state index < -0.39 is 6.10 Å². The topological polar surface area (TPSA) is 50.9 Å². The average molecular weight is 359 g/mol. The molecule has 27 heavy (non-hydrogen) atoms. The lowest BCUT2D eigenvalue weighted by molar-refractivity contribution is 0.210. The van der Waals surface area contributed by atoms with Crippen molar-refractivity contribution < 1.29 is 9.50 Å². The van der Waals surface area contributed by atoms with Crippen LogP contribution < -0.4 is 0 Å². The molecule has 2 aromatic heterocycles. The summed E-state index contributed by atoms with van der Waals surface area (Å²) in [6.45, 7) is 0. The first-order valence-electron chi connectivity index (χ1n) is 8.61. The van der Waals surface area contributed by atoms with Crippen LogP contribution in [0.3, 0.4) is 0 Å². The van der Waals surface area contributed by atoms with Gasteiger partial charge in [-0.05, 0) is 47.5 Å². The van der Waals surface area contributed by atoms with Gasteiger partial charge < -0.3 is 5.11 Å². The first-order valence-corrected chi connectivity index (χ1v) is 8.61. The van der Waals surface area contributed by atoms with Crippen LogP contribution in [0.5, 0.6) is 0 Å². The minimum atomic E-state index is -0.846. The number of nitrogens with zero attached hydrogens (tertiary/aromatic N) is 3. The zero-order chi connectivity index (χ0) is 18.8. The molecule has 1 N–H and O–H groups in total. The molecule has 0 saturated carbocycles. The van der Waals surface area contributed by atoms with Gasteiger partial charge in [0.1, 0.15) is 17.6 Å². The van der Waals surface area contributed by atoms with E-state index in [1.54, 1.807) is 36.3 Å². The molecule has 1 unspecified atom stereocenters. The molecule has 0 aliphatic carbocycles. The molecule has 0 bridgehead atoms. The van der Waals surface area contributed by atoms with Gasteiger partial charge in [-0.2, -0.15) is 5.10 Å². The number of aliphatic hydroxyl groups excluding tert-OH is 1. The Balaban J connectivity index is 1.95. The van der Waals surface area contributed by atoms with Crippen molar-refractivity contribution in [3.05, 3.63) is 96.2 Å². The van der Waals surface area contributed by atoms with Crippen LogP contribution >= 0.6 is 0 Å². The van der Waals surface area contributed by atoms with E-state index in [2.05, 4.69) is 10.1 Å². The quantitative estimate of drug-likeness (QED) is 0.589. The normalized spacial score (nSPS) is 12.1. The highest BCUT2D eigenvalue weighted by molar-refractivity contribution is 5.83. The lowest BCUT2D eigenvalue weighted by Gasteiger charge is -2.14. The Hall–Kier alpha value is -3.31. The Bertz CT molecular complexity index is 1040. The van der Waals surface area contributed by atoms with Crippen LogP contribution in [0.1, 0.15) is 17.4 Å². The third kappa shape index (κ3) is 3.25. The largest absolute Gasteiger partial charge is 0.382 e. The molecule has 0 radical (unpaired) electrons. The van der Waals surface area contributed by atoms with Gasteiger partial charge in [0.05, 0.1) is 5.69 Å². The predicted octanol–water partition coefficient (Wildman–Crippen LogP) is 4.37. The van der Waals surface area contributed by atoms with Crippen molar-refractivity contribution in [3.8, 4) is 22.4 Å². The summed E-state index contributed by atoms with van der Waals surface area (Å²) >= 11 is 0. The molecular formula is C22H18FN3O. The summed E-state index contributed by atoms with van der Waals surface area (Å²) < 4.78 is 15.1. The molecule has 4 rings (SSSR count). The van der Waals surface area contributed by atoms with Crippen molar-refractivity contribution in [2.45, 2.75) is 6.10 Å². The van der Waals surface area contributed by atoms with Crippen molar-refractivity contribution in [2.24, 2.45) is 7.05 Å². The van der Waals surface area contributed by atoms with Gasteiger partial charge in [0.2, 0.25) is 0 Å². The summed E-state index contributed by atoms with van der Waals surface area (Å²) in [4.78, 5) is 4.09. The third-order valence-electron chi connectivity index (χ3n) is 4.55. The Morgan fingerprint density at radius 3 is 2.22 bits per heavy atom. The van der Waals surface area contributed by atoms with E-state index in [-0.39, 0.29) is 5.82 Å². The van der Waals surface area contributed by atoms with E-state index in [9.17, 15) is 9.50 Å². The number of hydrogen-bond acceptors (Lipinski definition) is 3. The van der Waals surface area contributed by atoms with Gasteiger partial charge in [-0.1, -0.05) is 30.3 Å². The lowest BCUT2D eigenvalue weighted by Crippen LogP contribution is -2.07. The lowest BCUT2D eigenvalue weighted by atomic mass is 9.95. The van der Waals surface area contributed by atoms with Crippen LogP contribution in [0.4, 0.5) is 4.39 Å². The fourth-order valence-corrected chi connectivity index (χ4v) is 3.26. The minimum absolute atomic E-state index is 0.301. The zero-order valence-corrected chi connectivity index (χ0v) is 14.7. The van der Waals surface area contributed by atoms with Crippen LogP contribution in [0.25, 0.3) is 22.4 Å². The predicted molar refractivity (Wildman–Crippen MR) is 102 cm³/mol. The van der Waals surface area contributed by atoms with Gasteiger partial charge in [0, 0.05) is 30.6 Å². The zero-order valence-electron chi connectivity index (χ0n) is 14.7. The summed E-state index contributed by atoms with van der Waals surface area (Å²) in [5, 5.41) is 15.7. The fourth-order valence-electron chi connectivity index (χ4n) is 3.26. The van der Waals surface area contributed by atoms with E-state index in [1.165, 1.54) is 12.1 Å².